The van der Waals surface area contributed by atoms with Crippen LogP contribution >= 0.6 is 0 Å². The van der Waals surface area contributed by atoms with Gasteiger partial charge in [-0.2, -0.15) is 0 Å². The van der Waals surface area contributed by atoms with E-state index in [4.69, 9.17) is 4.74 Å². The van der Waals surface area contributed by atoms with Gasteiger partial charge in [0.25, 0.3) is 5.56 Å². The van der Waals surface area contributed by atoms with Gasteiger partial charge in [-0.1, -0.05) is 0 Å². The molecule has 1 aliphatic heterocycles. The summed E-state index contributed by atoms with van der Waals surface area (Å²) in [5.74, 6) is 0.158. The number of H-pyrrole nitrogens is 1. The number of ether oxygens (including phenoxy) is 1. The summed E-state index contributed by atoms with van der Waals surface area (Å²) in [4.78, 5) is 30.2. The van der Waals surface area contributed by atoms with Crippen LogP contribution < -0.4 is 16.0 Å². The number of aliphatic imine (C=N–C) groups is 1. The fourth-order valence-corrected chi connectivity index (χ4v) is 2.19. The van der Waals surface area contributed by atoms with Crippen molar-refractivity contribution in [2.24, 2.45) is 4.99 Å². The summed E-state index contributed by atoms with van der Waals surface area (Å²) in [5.41, 5.74) is -0.551. The van der Waals surface area contributed by atoms with Crippen LogP contribution in [0.3, 0.4) is 0 Å². The third kappa shape index (κ3) is 2.71. The first kappa shape index (κ1) is 14.6. The highest BCUT2D eigenvalue weighted by Crippen LogP contribution is 2.21. The highest BCUT2D eigenvalue weighted by Gasteiger charge is 2.14. The number of aromatic amines is 1. The molecule has 116 valence electrons. The molecule has 0 atom stereocenters. The van der Waals surface area contributed by atoms with Crippen molar-refractivity contribution in [3.8, 4) is 17.3 Å². The molecule has 23 heavy (non-hydrogen) atoms. The van der Waals surface area contributed by atoms with Crippen LogP contribution in [0, 0.1) is 0 Å². The Kier molecular flexibility index (Phi) is 3.68. The van der Waals surface area contributed by atoms with Gasteiger partial charge in [0, 0.05) is 6.21 Å². The lowest BCUT2D eigenvalue weighted by atomic mass is 10.2. The van der Waals surface area contributed by atoms with Crippen LogP contribution in [0.5, 0.6) is 11.6 Å². The van der Waals surface area contributed by atoms with E-state index in [1.807, 2.05) is 0 Å². The van der Waals surface area contributed by atoms with Gasteiger partial charge in [0.1, 0.15) is 11.3 Å². The molecule has 0 saturated heterocycles. The first-order valence-corrected chi connectivity index (χ1v) is 6.75. The maximum atomic E-state index is 12.1. The third-order valence-corrected chi connectivity index (χ3v) is 3.32. The molecule has 0 unspecified atom stereocenters. The molecule has 1 aromatic heterocycles. The third-order valence-electron chi connectivity index (χ3n) is 3.32. The number of nitrogens with zero attached hydrogens (tertiary/aromatic N) is 2. The number of benzene rings is 1. The highest BCUT2D eigenvalue weighted by atomic mass is 16.5. The topological polar surface area (TPSA) is 96.7 Å². The largest absolute Gasteiger partial charge is 0.497 e. The van der Waals surface area contributed by atoms with Gasteiger partial charge in [-0.25, -0.2) is 9.36 Å². The molecule has 2 heterocycles. The summed E-state index contributed by atoms with van der Waals surface area (Å²) in [6.45, 7) is 0. The van der Waals surface area contributed by atoms with E-state index in [0.29, 0.717) is 17.1 Å². The molecule has 0 fully saturated rings. The molecule has 1 aromatic carbocycles. The zero-order valence-corrected chi connectivity index (χ0v) is 12.2. The normalized spacial score (nSPS) is 14.6. The van der Waals surface area contributed by atoms with E-state index in [0.717, 1.165) is 4.57 Å². The van der Waals surface area contributed by atoms with Crippen molar-refractivity contribution in [3.05, 3.63) is 68.5 Å². The minimum Gasteiger partial charge on any atom is -0.497 e. The molecule has 7 nitrogen and oxygen atoms in total. The van der Waals surface area contributed by atoms with Crippen LogP contribution in [0.25, 0.3) is 11.8 Å². The SMILES string of the molecule is COc1ccc(-n2c(O)c(C=C3C=CC=N3)c(=O)[nH]c2=O)cc1. The molecular formula is C16H13N3O4. The van der Waals surface area contributed by atoms with E-state index in [9.17, 15) is 14.7 Å². The van der Waals surface area contributed by atoms with Gasteiger partial charge in [0.05, 0.1) is 18.5 Å². The van der Waals surface area contributed by atoms with E-state index in [1.54, 1.807) is 42.6 Å². The van der Waals surface area contributed by atoms with Crippen molar-refractivity contribution < 1.29 is 9.84 Å². The molecule has 0 bridgehead atoms. The van der Waals surface area contributed by atoms with Crippen LogP contribution in [0.4, 0.5) is 0 Å². The summed E-state index contributed by atoms with van der Waals surface area (Å²) in [7, 11) is 1.53. The second-order valence-electron chi connectivity index (χ2n) is 4.74. The van der Waals surface area contributed by atoms with Gasteiger partial charge in [0.15, 0.2) is 0 Å². The van der Waals surface area contributed by atoms with E-state index >= 15 is 0 Å². The first-order chi connectivity index (χ1) is 11.1. The Hall–Kier alpha value is -3.35. The van der Waals surface area contributed by atoms with Gasteiger partial charge in [-0.15, -0.1) is 0 Å². The van der Waals surface area contributed by atoms with Crippen molar-refractivity contribution in [2.75, 3.05) is 7.11 Å². The predicted octanol–water partition coefficient (Wildman–Crippen LogP) is 1.22. The van der Waals surface area contributed by atoms with Crippen molar-refractivity contribution in [1.29, 1.82) is 0 Å². The Morgan fingerprint density at radius 3 is 2.61 bits per heavy atom. The predicted molar refractivity (Wildman–Crippen MR) is 86.5 cm³/mol. The van der Waals surface area contributed by atoms with E-state index in [1.165, 1.54) is 13.2 Å². The lowest BCUT2D eigenvalue weighted by Gasteiger charge is -2.10. The Morgan fingerprint density at radius 1 is 1.26 bits per heavy atom. The highest BCUT2D eigenvalue weighted by molar-refractivity contribution is 5.79. The zero-order chi connectivity index (χ0) is 16.4. The lowest BCUT2D eigenvalue weighted by molar-refractivity contribution is 0.414. The fraction of sp³-hybridized carbons (Fsp3) is 0.0625. The molecule has 1 aliphatic rings. The van der Waals surface area contributed by atoms with Crippen LogP contribution in [-0.2, 0) is 0 Å². The van der Waals surface area contributed by atoms with Gasteiger partial charge < -0.3 is 9.84 Å². The molecule has 3 rings (SSSR count). The lowest BCUT2D eigenvalue weighted by Crippen LogP contribution is -2.30. The summed E-state index contributed by atoms with van der Waals surface area (Å²) < 4.78 is 6.07. The summed E-state index contributed by atoms with van der Waals surface area (Å²) in [6.07, 6.45) is 6.36. The number of hydrogen-bond donors (Lipinski definition) is 2. The van der Waals surface area contributed by atoms with E-state index < -0.39 is 17.1 Å². The molecule has 2 aromatic rings. The van der Waals surface area contributed by atoms with Crippen LogP contribution in [0.15, 0.2) is 56.7 Å². The van der Waals surface area contributed by atoms with Crippen LogP contribution in [-0.4, -0.2) is 28.0 Å². The first-order valence-electron chi connectivity index (χ1n) is 6.75. The number of nitrogens with one attached hydrogen (secondary N) is 1. The van der Waals surface area contributed by atoms with Gasteiger partial charge in [-0.05, 0) is 42.5 Å². The molecule has 0 saturated carbocycles. The Bertz CT molecular complexity index is 933. The zero-order valence-electron chi connectivity index (χ0n) is 12.2. The average Bonchev–Trinajstić information content (AvgIpc) is 3.05. The molecule has 7 heteroatoms. The molecule has 0 spiro atoms. The second-order valence-corrected chi connectivity index (χ2v) is 4.74. The number of aromatic nitrogens is 2. The van der Waals surface area contributed by atoms with Gasteiger partial charge in [0.2, 0.25) is 5.88 Å². The quantitative estimate of drug-likeness (QED) is 0.890. The van der Waals surface area contributed by atoms with E-state index in [-0.39, 0.29) is 5.56 Å². The maximum absolute atomic E-state index is 12.1. The fourth-order valence-electron chi connectivity index (χ4n) is 2.19. The van der Waals surface area contributed by atoms with Crippen LogP contribution in [0.1, 0.15) is 5.56 Å². The standard InChI is InChI=1S/C16H13N3O4/c1-23-12-6-4-11(5-7-12)19-15(21)13(14(20)18-16(19)22)9-10-3-2-8-17-10/h2-9,21H,1H3,(H,18,20,22). The Morgan fingerprint density at radius 2 is 2.00 bits per heavy atom. The monoisotopic (exact) mass is 311 g/mol. The smallest absolute Gasteiger partial charge is 0.335 e. The molecule has 2 N–H and O–H groups in total. The van der Waals surface area contributed by atoms with E-state index in [2.05, 4.69) is 9.98 Å². The van der Waals surface area contributed by atoms with Crippen molar-refractivity contribution in [2.45, 2.75) is 0 Å². The number of rotatable bonds is 3. The molecule has 0 amide bonds. The van der Waals surface area contributed by atoms with Crippen molar-refractivity contribution in [1.82, 2.24) is 9.55 Å². The molecule has 0 radical (unpaired) electrons. The van der Waals surface area contributed by atoms with Gasteiger partial charge in [-0.3, -0.25) is 14.8 Å². The number of hydrogen-bond acceptors (Lipinski definition) is 5. The Labute approximate surface area is 130 Å². The second kappa shape index (κ2) is 5.80. The summed E-state index contributed by atoms with van der Waals surface area (Å²) in [5, 5.41) is 10.4. The van der Waals surface area contributed by atoms with Gasteiger partial charge >= 0.3 is 5.69 Å². The van der Waals surface area contributed by atoms with Crippen LogP contribution in [0.2, 0.25) is 0 Å². The molecular weight excluding hydrogens is 298 g/mol. The average molecular weight is 311 g/mol. The maximum Gasteiger partial charge on any atom is 0.335 e. The van der Waals surface area contributed by atoms with Crippen molar-refractivity contribution >= 4 is 12.3 Å². The Balaban J connectivity index is 2.19. The summed E-state index contributed by atoms with van der Waals surface area (Å²) >= 11 is 0. The number of allylic oxidation sites excluding steroid dienone is 2. The number of aromatic hydroxyl groups is 1. The minimum atomic E-state index is -0.731. The number of methoxy groups -OCH3 is 1. The minimum absolute atomic E-state index is 0.0425. The molecule has 0 aliphatic carbocycles. The summed E-state index contributed by atoms with van der Waals surface area (Å²) in [6, 6.07) is 6.49. The van der Waals surface area contributed by atoms with Crippen molar-refractivity contribution in [3.63, 3.8) is 0 Å².